The molecular weight excluding hydrogens is 415 g/mol. The SMILES string of the molecule is CCCNCCN1C[C@H](c2ccc3c(c2)OCO3)[C@@H](C(=O)[O-])[C@@H]1c1ccc(OC)c(F)c1. The van der Waals surface area contributed by atoms with Gasteiger partial charge < -0.3 is 29.4 Å². The highest BCUT2D eigenvalue weighted by atomic mass is 19.1. The third-order valence-electron chi connectivity index (χ3n) is 6.22. The van der Waals surface area contributed by atoms with Crippen molar-refractivity contribution in [2.75, 3.05) is 40.1 Å². The van der Waals surface area contributed by atoms with E-state index in [1.807, 2.05) is 12.1 Å². The Morgan fingerprint density at radius 2 is 1.97 bits per heavy atom. The van der Waals surface area contributed by atoms with Crippen LogP contribution in [0.4, 0.5) is 4.39 Å². The molecule has 0 aromatic heterocycles. The largest absolute Gasteiger partial charge is 0.550 e. The van der Waals surface area contributed by atoms with Gasteiger partial charge in [0.25, 0.3) is 0 Å². The Labute approximate surface area is 187 Å². The van der Waals surface area contributed by atoms with E-state index < -0.39 is 23.7 Å². The molecule has 32 heavy (non-hydrogen) atoms. The Balaban J connectivity index is 1.69. The van der Waals surface area contributed by atoms with Gasteiger partial charge in [-0.2, -0.15) is 0 Å². The summed E-state index contributed by atoms with van der Waals surface area (Å²) < 4.78 is 30.5. The predicted octanol–water partition coefficient (Wildman–Crippen LogP) is 2.07. The third kappa shape index (κ3) is 4.38. The standard InChI is InChI=1S/C24H29FN2O5/c1-3-8-26-9-10-27-13-17(15-4-7-20-21(12-15)32-14-31-20)22(24(28)29)23(27)16-5-6-19(30-2)18(25)11-16/h4-7,11-12,17,22-23,26H,3,8-10,13-14H2,1-2H3,(H,28,29)/p-1/t17-,22-,23+/m1/s1. The highest BCUT2D eigenvalue weighted by Gasteiger charge is 2.44. The second kappa shape index (κ2) is 9.75. The van der Waals surface area contributed by atoms with Gasteiger partial charge in [-0.3, -0.25) is 4.90 Å². The summed E-state index contributed by atoms with van der Waals surface area (Å²) in [4.78, 5) is 14.5. The minimum atomic E-state index is -1.15. The number of halogens is 1. The fourth-order valence-corrected chi connectivity index (χ4v) is 4.72. The van der Waals surface area contributed by atoms with E-state index in [4.69, 9.17) is 14.2 Å². The number of fused-ring (bicyclic) bond motifs is 1. The van der Waals surface area contributed by atoms with Crippen molar-refractivity contribution < 1.29 is 28.5 Å². The van der Waals surface area contributed by atoms with Crippen LogP contribution in [0.3, 0.4) is 0 Å². The topological polar surface area (TPSA) is 83.1 Å². The highest BCUT2D eigenvalue weighted by Crippen LogP contribution is 2.47. The number of ether oxygens (including phenoxy) is 3. The van der Waals surface area contributed by atoms with Crippen molar-refractivity contribution in [2.24, 2.45) is 5.92 Å². The Bertz CT molecular complexity index is 969. The number of carbonyl (C=O) groups is 1. The molecule has 2 aromatic rings. The number of nitrogens with zero attached hydrogens (tertiary/aromatic N) is 1. The van der Waals surface area contributed by atoms with Crippen LogP contribution in [0.1, 0.15) is 36.4 Å². The molecule has 2 aliphatic rings. The molecular formula is C24H28FN2O5-. The number of rotatable bonds is 9. The number of methoxy groups -OCH3 is 1. The van der Waals surface area contributed by atoms with Gasteiger partial charge in [-0.25, -0.2) is 4.39 Å². The van der Waals surface area contributed by atoms with Crippen LogP contribution < -0.4 is 24.6 Å². The molecule has 1 fully saturated rings. The lowest BCUT2D eigenvalue weighted by molar-refractivity contribution is -0.312. The second-order valence-electron chi connectivity index (χ2n) is 8.15. The summed E-state index contributed by atoms with van der Waals surface area (Å²) in [6.07, 6.45) is 1.01. The Morgan fingerprint density at radius 1 is 1.19 bits per heavy atom. The van der Waals surface area contributed by atoms with Crippen molar-refractivity contribution in [3.63, 3.8) is 0 Å². The molecule has 0 unspecified atom stereocenters. The fourth-order valence-electron chi connectivity index (χ4n) is 4.72. The summed E-state index contributed by atoms with van der Waals surface area (Å²) in [5, 5.41) is 15.8. The number of benzene rings is 2. The molecule has 2 aromatic carbocycles. The summed E-state index contributed by atoms with van der Waals surface area (Å²) in [7, 11) is 1.40. The number of likely N-dealkylation sites (tertiary alicyclic amines) is 1. The van der Waals surface area contributed by atoms with Gasteiger partial charge in [-0.05, 0) is 48.4 Å². The molecule has 7 nitrogen and oxygen atoms in total. The number of carbonyl (C=O) groups excluding carboxylic acids is 1. The van der Waals surface area contributed by atoms with Crippen molar-refractivity contribution in [1.82, 2.24) is 10.2 Å². The van der Waals surface area contributed by atoms with Crippen LogP contribution in [0.15, 0.2) is 36.4 Å². The summed E-state index contributed by atoms with van der Waals surface area (Å²) in [6, 6.07) is 9.63. The molecule has 1 saturated heterocycles. The van der Waals surface area contributed by atoms with Crippen LogP contribution >= 0.6 is 0 Å². The maximum atomic E-state index is 14.5. The molecule has 3 atom stereocenters. The lowest BCUT2D eigenvalue weighted by Crippen LogP contribution is -2.39. The van der Waals surface area contributed by atoms with Crippen LogP contribution in [0, 0.1) is 11.7 Å². The predicted molar refractivity (Wildman–Crippen MR) is 114 cm³/mol. The smallest absolute Gasteiger partial charge is 0.231 e. The van der Waals surface area contributed by atoms with E-state index in [1.54, 1.807) is 18.2 Å². The van der Waals surface area contributed by atoms with Gasteiger partial charge in [-0.15, -0.1) is 0 Å². The van der Waals surface area contributed by atoms with Gasteiger partial charge in [0.2, 0.25) is 6.79 Å². The number of nitrogens with one attached hydrogen (secondary N) is 1. The molecule has 4 rings (SSSR count). The number of carboxylic acid groups (broad SMARTS) is 1. The summed E-state index contributed by atoms with van der Waals surface area (Å²) in [5.41, 5.74) is 1.43. The Hall–Kier alpha value is -2.84. The number of hydrogen-bond acceptors (Lipinski definition) is 7. The van der Waals surface area contributed by atoms with E-state index in [0.29, 0.717) is 36.7 Å². The van der Waals surface area contributed by atoms with Gasteiger partial charge in [0, 0.05) is 43.5 Å². The summed E-state index contributed by atoms with van der Waals surface area (Å²) >= 11 is 0. The van der Waals surface area contributed by atoms with Crippen molar-refractivity contribution in [1.29, 1.82) is 0 Å². The van der Waals surface area contributed by atoms with Gasteiger partial charge >= 0.3 is 0 Å². The molecule has 1 N–H and O–H groups in total. The molecule has 0 amide bonds. The van der Waals surface area contributed by atoms with Gasteiger partial charge in [0.15, 0.2) is 23.1 Å². The lowest BCUT2D eigenvalue weighted by atomic mass is 9.82. The van der Waals surface area contributed by atoms with Crippen LogP contribution in [0.25, 0.3) is 0 Å². The maximum Gasteiger partial charge on any atom is 0.231 e. The van der Waals surface area contributed by atoms with Crippen LogP contribution in [0.5, 0.6) is 17.2 Å². The Morgan fingerprint density at radius 3 is 2.69 bits per heavy atom. The van der Waals surface area contributed by atoms with E-state index in [0.717, 1.165) is 18.5 Å². The van der Waals surface area contributed by atoms with Crippen molar-refractivity contribution >= 4 is 5.97 Å². The molecule has 0 aliphatic carbocycles. The molecule has 172 valence electrons. The van der Waals surface area contributed by atoms with Crippen molar-refractivity contribution in [3.05, 3.63) is 53.3 Å². The average molecular weight is 443 g/mol. The highest BCUT2D eigenvalue weighted by molar-refractivity contribution is 5.72. The third-order valence-corrected chi connectivity index (χ3v) is 6.22. The van der Waals surface area contributed by atoms with Crippen molar-refractivity contribution in [2.45, 2.75) is 25.3 Å². The zero-order valence-corrected chi connectivity index (χ0v) is 18.3. The minimum Gasteiger partial charge on any atom is -0.550 e. The van der Waals surface area contributed by atoms with E-state index in [-0.39, 0.29) is 18.5 Å². The first kappa shape index (κ1) is 22.4. The molecule has 2 aliphatic heterocycles. The zero-order chi connectivity index (χ0) is 22.7. The quantitative estimate of drug-likeness (QED) is 0.594. The number of hydrogen-bond donors (Lipinski definition) is 1. The van der Waals surface area contributed by atoms with E-state index in [1.165, 1.54) is 13.2 Å². The van der Waals surface area contributed by atoms with Gasteiger partial charge in [0.05, 0.1) is 7.11 Å². The van der Waals surface area contributed by atoms with E-state index >= 15 is 0 Å². The minimum absolute atomic E-state index is 0.125. The molecule has 0 bridgehead atoms. The molecule has 0 spiro atoms. The normalized spacial score (nSPS) is 22.3. The molecule has 0 saturated carbocycles. The molecule has 0 radical (unpaired) electrons. The maximum absolute atomic E-state index is 14.5. The average Bonchev–Trinajstić information content (AvgIpc) is 3.40. The summed E-state index contributed by atoms with van der Waals surface area (Å²) in [5.74, 6) is -1.48. The first-order chi connectivity index (χ1) is 15.5. The van der Waals surface area contributed by atoms with E-state index in [2.05, 4.69) is 17.1 Å². The van der Waals surface area contributed by atoms with Crippen LogP contribution in [0.2, 0.25) is 0 Å². The first-order valence-corrected chi connectivity index (χ1v) is 10.9. The van der Waals surface area contributed by atoms with Gasteiger partial charge in [0.1, 0.15) is 0 Å². The summed E-state index contributed by atoms with van der Waals surface area (Å²) in [6.45, 7) is 4.96. The number of aliphatic carboxylic acids is 1. The van der Waals surface area contributed by atoms with Crippen LogP contribution in [-0.2, 0) is 4.79 Å². The Kier molecular flexibility index (Phi) is 6.81. The molecule has 8 heteroatoms. The van der Waals surface area contributed by atoms with Crippen LogP contribution in [-0.4, -0.2) is 51.0 Å². The van der Waals surface area contributed by atoms with E-state index in [9.17, 15) is 14.3 Å². The molecule has 2 heterocycles. The fraction of sp³-hybridized carbons (Fsp3) is 0.458. The first-order valence-electron chi connectivity index (χ1n) is 10.9. The lowest BCUT2D eigenvalue weighted by Gasteiger charge is -2.30. The second-order valence-corrected chi connectivity index (χ2v) is 8.15. The monoisotopic (exact) mass is 443 g/mol. The van der Waals surface area contributed by atoms with Crippen molar-refractivity contribution in [3.8, 4) is 17.2 Å². The van der Waals surface area contributed by atoms with Gasteiger partial charge in [-0.1, -0.05) is 19.1 Å². The zero-order valence-electron chi connectivity index (χ0n) is 18.3. The number of carboxylic acids is 1.